The van der Waals surface area contributed by atoms with Crippen molar-refractivity contribution < 1.29 is 41.9 Å². The van der Waals surface area contributed by atoms with Gasteiger partial charge in [-0.25, -0.2) is 4.79 Å². The summed E-state index contributed by atoms with van der Waals surface area (Å²) in [5, 5.41) is 2.88. The van der Waals surface area contributed by atoms with Gasteiger partial charge in [0.2, 0.25) is 29.5 Å². The molecule has 6 saturated heterocycles. The minimum absolute atomic E-state index is 0.0580. The molecule has 0 aromatic heterocycles. The molecule has 1 unspecified atom stereocenters. The molecule has 6 heterocycles. The van der Waals surface area contributed by atoms with Crippen LogP contribution in [-0.2, 0) is 30.1 Å². The van der Waals surface area contributed by atoms with Gasteiger partial charge in [-0.3, -0.25) is 38.7 Å². The number of benzene rings is 6. The van der Waals surface area contributed by atoms with Crippen LogP contribution in [0.25, 0.3) is 0 Å². The van der Waals surface area contributed by atoms with Crippen LogP contribution in [0.15, 0.2) is 152 Å². The highest BCUT2D eigenvalue weighted by molar-refractivity contribution is 6.31. The average molecular weight is 1590 g/mol. The van der Waals surface area contributed by atoms with E-state index in [9.17, 15) is 41.9 Å². The summed E-state index contributed by atoms with van der Waals surface area (Å²) in [4.78, 5) is 94.1. The molecule has 16 nitrogen and oxygen atoms in total. The van der Waals surface area contributed by atoms with E-state index in [0.717, 1.165) is 134 Å². The van der Waals surface area contributed by atoms with Gasteiger partial charge in [0, 0.05) is 169 Å². The maximum atomic E-state index is 13.6. The predicted molar refractivity (Wildman–Crippen MR) is 433 cm³/mol. The summed E-state index contributed by atoms with van der Waals surface area (Å²) in [7, 11) is 0. The van der Waals surface area contributed by atoms with Crippen molar-refractivity contribution in [2.45, 2.75) is 169 Å². The molecule has 6 aromatic rings. The molecule has 12 rings (SSSR count). The molecule has 6 aliphatic rings. The standard InChI is InChI=1S/C30H39F3N4O2.C29H37Cl2N3O2.C28H35Cl2N3O2/c1-29(2,3)25-20-36(17-18-37(25)26(38)19-21-13-15-35(16-14-21)28(34)39)27(22-7-5-4-6-8-22)23-9-11-24(12-10-23)30(31,32)33;1-20(2)27-19-33(16-17-34(27)28(36)18-22-12-14-32(15-13-22)21(3)35)29(23-4-8-25(30)9-5-23)24-6-10-26(31)11-7-24;1-19-17-32(28(23-4-8-25(29)9-5-23)24-6-10-26(30)11-7-24)18-20(2)33(19)27(35)16-22-12-14-31(15-13-22)21(3)34/h4-12,21,25,27H,13-20H2,1-3H3,(H2,34,39);4-11,20,22,27,29H,12-19H2,1-3H3;4-11,19-20,22,28H,12-18H2,1-3H3/t25-,27?;27-;19-,20+/m10./s1. The highest BCUT2D eigenvalue weighted by Crippen LogP contribution is 2.41. The summed E-state index contributed by atoms with van der Waals surface area (Å²) in [5.41, 5.74) is 11.0. The van der Waals surface area contributed by atoms with Crippen molar-refractivity contribution in [3.8, 4) is 0 Å². The topological polar surface area (TPSA) is 158 Å². The number of piperidine rings is 3. The van der Waals surface area contributed by atoms with Crippen LogP contribution in [0.3, 0.4) is 0 Å². The van der Waals surface area contributed by atoms with Gasteiger partial charge in [0.25, 0.3) is 0 Å². The number of piperazine rings is 3. The fourth-order valence-electron chi connectivity index (χ4n) is 17.3. The quantitative estimate of drug-likeness (QED) is 0.0996. The Morgan fingerprint density at radius 2 is 0.745 bits per heavy atom. The van der Waals surface area contributed by atoms with E-state index in [0.29, 0.717) is 76.3 Å². The van der Waals surface area contributed by atoms with Gasteiger partial charge in [-0.15, -0.1) is 0 Å². The second kappa shape index (κ2) is 38.5. The third-order valence-electron chi connectivity index (χ3n) is 23.5. The first-order valence-electron chi connectivity index (χ1n) is 39.2. The number of urea groups is 1. The van der Waals surface area contributed by atoms with E-state index in [1.807, 2.05) is 93.6 Å². The number of hydrogen-bond donors (Lipinski definition) is 1. The lowest BCUT2D eigenvalue weighted by molar-refractivity contribution is -0.142. The normalized spacial score (nSPS) is 20.8. The Balaban J connectivity index is 0.000000176. The molecule has 110 heavy (non-hydrogen) atoms. The molecule has 0 radical (unpaired) electrons. The third-order valence-corrected chi connectivity index (χ3v) is 24.5. The zero-order valence-corrected chi connectivity index (χ0v) is 68.3. The Kier molecular flexibility index (Phi) is 29.8. The van der Waals surface area contributed by atoms with Gasteiger partial charge in [0.05, 0.1) is 23.7 Å². The molecule has 0 saturated carbocycles. The predicted octanol–water partition coefficient (Wildman–Crippen LogP) is 17.1. The zero-order chi connectivity index (χ0) is 79.3. The summed E-state index contributed by atoms with van der Waals surface area (Å²) >= 11 is 24.7. The van der Waals surface area contributed by atoms with E-state index in [1.54, 1.807) is 30.9 Å². The van der Waals surface area contributed by atoms with Gasteiger partial charge in [0.1, 0.15) is 0 Å². The second-order valence-electron chi connectivity index (χ2n) is 32.5. The summed E-state index contributed by atoms with van der Waals surface area (Å²) in [6.45, 7) is 28.2. The Labute approximate surface area is 669 Å². The van der Waals surface area contributed by atoms with Crippen molar-refractivity contribution in [2.75, 3.05) is 91.6 Å². The van der Waals surface area contributed by atoms with Gasteiger partial charge in [-0.05, 0) is 176 Å². The van der Waals surface area contributed by atoms with E-state index in [4.69, 9.17) is 52.1 Å². The molecule has 5 atom stereocenters. The maximum absolute atomic E-state index is 13.6. The number of likely N-dealkylation sites (tertiary alicyclic amines) is 3. The Bertz CT molecular complexity index is 3900. The van der Waals surface area contributed by atoms with Crippen LogP contribution < -0.4 is 5.73 Å². The highest BCUT2D eigenvalue weighted by Gasteiger charge is 2.43. The number of carbonyl (C=O) groups excluding carboxylic acids is 6. The molecule has 594 valence electrons. The van der Waals surface area contributed by atoms with Gasteiger partial charge in [0.15, 0.2) is 0 Å². The zero-order valence-electron chi connectivity index (χ0n) is 65.2. The van der Waals surface area contributed by atoms with Crippen LogP contribution in [0.4, 0.5) is 18.0 Å². The molecule has 23 heteroatoms. The van der Waals surface area contributed by atoms with Crippen molar-refractivity contribution in [2.24, 2.45) is 34.8 Å². The Morgan fingerprint density at radius 3 is 1.10 bits per heavy atom. The molecule has 6 aromatic carbocycles. The molecule has 2 N–H and O–H groups in total. The molecule has 6 aliphatic heterocycles. The van der Waals surface area contributed by atoms with Crippen molar-refractivity contribution in [1.82, 2.24) is 44.1 Å². The van der Waals surface area contributed by atoms with Gasteiger partial charge < -0.3 is 35.1 Å². The summed E-state index contributed by atoms with van der Waals surface area (Å²) < 4.78 is 39.8. The second-order valence-corrected chi connectivity index (χ2v) is 34.3. The van der Waals surface area contributed by atoms with E-state index < -0.39 is 17.8 Å². The number of primary amides is 1. The van der Waals surface area contributed by atoms with Crippen molar-refractivity contribution >= 4 is 82.0 Å². The van der Waals surface area contributed by atoms with Crippen LogP contribution in [0, 0.1) is 29.1 Å². The van der Waals surface area contributed by atoms with Crippen molar-refractivity contribution in [3.05, 3.63) is 211 Å². The molecule has 0 aliphatic carbocycles. The SMILES string of the molecule is CC(=O)N1CCC(CC(=O)N2CCN(C(c3ccc(Cl)cc3)c3ccc(Cl)cc3)C[C@H]2C(C)C)CC1.CC(=O)N1CCC(CC(=O)N2[C@H](C)CN(C(c3ccc(Cl)cc3)c3ccc(Cl)cc3)C[C@@H]2C)CC1.CC(C)(C)[C@H]1CN(C(c2ccccc2)c2ccc(C(F)(F)F)cc2)CCN1C(=O)CC1CCN(C(N)=O)CC1. The lowest BCUT2D eigenvalue weighted by Gasteiger charge is -2.50. The lowest BCUT2D eigenvalue weighted by Crippen LogP contribution is -2.60. The number of alkyl halides is 3. The van der Waals surface area contributed by atoms with Crippen molar-refractivity contribution in [3.63, 3.8) is 0 Å². The third kappa shape index (κ3) is 22.6. The number of nitrogens with zero attached hydrogens (tertiary/aromatic N) is 9. The summed E-state index contributed by atoms with van der Waals surface area (Å²) in [6.07, 6.45) is 2.36. The monoisotopic (exact) mass is 1590 g/mol. The minimum atomic E-state index is -4.39. The largest absolute Gasteiger partial charge is 0.416 e. The fraction of sp³-hybridized carbons (Fsp3) is 0.517. The van der Waals surface area contributed by atoms with E-state index in [1.165, 1.54) is 22.3 Å². The van der Waals surface area contributed by atoms with Gasteiger partial charge in [-0.2, -0.15) is 13.2 Å². The van der Waals surface area contributed by atoms with Crippen LogP contribution >= 0.6 is 46.4 Å². The fourth-order valence-corrected chi connectivity index (χ4v) is 17.8. The van der Waals surface area contributed by atoms with Crippen LogP contribution in [0.5, 0.6) is 0 Å². The number of nitrogens with two attached hydrogens (primary N) is 1. The first kappa shape index (κ1) is 85.2. The van der Waals surface area contributed by atoms with Crippen LogP contribution in [0.2, 0.25) is 20.1 Å². The molecule has 0 spiro atoms. The van der Waals surface area contributed by atoms with Crippen molar-refractivity contribution in [1.29, 1.82) is 0 Å². The number of hydrogen-bond acceptors (Lipinski definition) is 9. The van der Waals surface area contributed by atoms with E-state index >= 15 is 0 Å². The number of carbonyl (C=O) groups is 6. The lowest BCUT2D eigenvalue weighted by atomic mass is 9.82. The Hall–Kier alpha value is -7.23. The first-order valence-corrected chi connectivity index (χ1v) is 40.7. The first-order chi connectivity index (χ1) is 52.3. The Morgan fingerprint density at radius 1 is 0.418 bits per heavy atom. The number of rotatable bonds is 16. The van der Waals surface area contributed by atoms with Gasteiger partial charge in [-0.1, -0.05) is 172 Å². The molecule has 7 amide bonds. The maximum Gasteiger partial charge on any atom is 0.416 e. The minimum Gasteiger partial charge on any atom is -0.351 e. The molecule has 6 fully saturated rings. The van der Waals surface area contributed by atoms with E-state index in [-0.39, 0.29) is 83.2 Å². The van der Waals surface area contributed by atoms with Crippen LogP contribution in [-0.4, -0.2) is 195 Å². The molecule has 0 bridgehead atoms. The number of amides is 7. The molecular formula is C87H111Cl4F3N10O6. The highest BCUT2D eigenvalue weighted by atomic mass is 35.5. The average Bonchev–Trinajstić information content (AvgIpc) is 0.776. The summed E-state index contributed by atoms with van der Waals surface area (Å²) in [5.74, 6) is 2.14. The molecular weight excluding hydrogens is 1480 g/mol. The summed E-state index contributed by atoms with van der Waals surface area (Å²) in [6, 6.07) is 47.2. The van der Waals surface area contributed by atoms with E-state index in [2.05, 4.69) is 121 Å². The van der Waals surface area contributed by atoms with Gasteiger partial charge >= 0.3 is 12.2 Å². The number of halogens is 7. The van der Waals surface area contributed by atoms with Crippen LogP contribution in [0.1, 0.15) is 177 Å². The smallest absolute Gasteiger partial charge is 0.351 e.